The monoisotopic (exact) mass is 399 g/mol. The standard InChI is InChI=1S/C22H20F3N3O/c23-22(24,25)20-9-5-4-8-17(20)18-12-19(18)21(29)26-11-10-15-13-27-28(14-15)16-6-2-1-3-7-16/h1-9,13-14,18-19H,10-12H2,(H,26,29). The van der Waals surface area contributed by atoms with E-state index in [9.17, 15) is 18.0 Å². The molecule has 1 saturated carbocycles. The first kappa shape index (κ1) is 19.2. The lowest BCUT2D eigenvalue weighted by molar-refractivity contribution is -0.138. The first-order chi connectivity index (χ1) is 13.9. The van der Waals surface area contributed by atoms with Crippen molar-refractivity contribution in [1.29, 1.82) is 0 Å². The molecule has 2 atom stereocenters. The number of hydrogen-bond donors (Lipinski definition) is 1. The number of nitrogens with one attached hydrogen (secondary N) is 1. The molecule has 0 saturated heterocycles. The lowest BCUT2D eigenvalue weighted by atomic mass is 10.0. The number of nitrogens with zero attached hydrogens (tertiary/aromatic N) is 2. The van der Waals surface area contributed by atoms with Crippen LogP contribution >= 0.6 is 0 Å². The van der Waals surface area contributed by atoms with Crippen molar-refractivity contribution in [2.75, 3.05) is 6.54 Å². The summed E-state index contributed by atoms with van der Waals surface area (Å²) in [7, 11) is 0. The van der Waals surface area contributed by atoms with Crippen LogP contribution in [-0.2, 0) is 17.4 Å². The fourth-order valence-electron chi connectivity index (χ4n) is 3.58. The Morgan fingerprint density at radius 3 is 2.59 bits per heavy atom. The second-order valence-corrected chi connectivity index (χ2v) is 7.20. The van der Waals surface area contributed by atoms with Gasteiger partial charge in [0, 0.05) is 18.7 Å². The minimum absolute atomic E-state index is 0.192. The Morgan fingerprint density at radius 1 is 1.10 bits per heavy atom. The normalized spacial score (nSPS) is 18.4. The molecule has 7 heteroatoms. The van der Waals surface area contributed by atoms with Crippen LogP contribution in [0.2, 0.25) is 0 Å². The highest BCUT2D eigenvalue weighted by molar-refractivity contribution is 5.83. The number of aromatic nitrogens is 2. The predicted molar refractivity (Wildman–Crippen MR) is 103 cm³/mol. The molecular weight excluding hydrogens is 379 g/mol. The molecule has 4 nitrogen and oxygen atoms in total. The van der Waals surface area contributed by atoms with E-state index in [1.807, 2.05) is 36.5 Å². The summed E-state index contributed by atoms with van der Waals surface area (Å²) in [5.41, 5.74) is 1.49. The molecule has 1 amide bonds. The highest BCUT2D eigenvalue weighted by Gasteiger charge is 2.47. The number of hydrogen-bond acceptors (Lipinski definition) is 2. The van der Waals surface area contributed by atoms with Gasteiger partial charge in [-0.15, -0.1) is 0 Å². The van der Waals surface area contributed by atoms with E-state index < -0.39 is 17.7 Å². The molecule has 1 aliphatic rings. The van der Waals surface area contributed by atoms with Gasteiger partial charge in [-0.3, -0.25) is 4.79 Å². The third-order valence-corrected chi connectivity index (χ3v) is 5.16. The Labute approximate surface area is 166 Å². The fourth-order valence-corrected chi connectivity index (χ4v) is 3.58. The van der Waals surface area contributed by atoms with Crippen LogP contribution in [0.25, 0.3) is 5.69 Å². The smallest absolute Gasteiger partial charge is 0.356 e. The average molecular weight is 399 g/mol. The van der Waals surface area contributed by atoms with Gasteiger partial charge in [0.2, 0.25) is 5.91 Å². The van der Waals surface area contributed by atoms with Crippen molar-refractivity contribution in [2.24, 2.45) is 5.92 Å². The molecular formula is C22H20F3N3O. The van der Waals surface area contributed by atoms with Crippen molar-refractivity contribution in [1.82, 2.24) is 15.1 Å². The summed E-state index contributed by atoms with van der Waals surface area (Å²) in [6.07, 6.45) is 0.304. The van der Waals surface area contributed by atoms with Gasteiger partial charge in [-0.25, -0.2) is 4.68 Å². The third kappa shape index (κ3) is 4.34. The van der Waals surface area contributed by atoms with Crippen LogP contribution in [0.4, 0.5) is 13.2 Å². The Bertz CT molecular complexity index is 998. The highest BCUT2D eigenvalue weighted by Crippen LogP contribution is 2.51. The molecule has 2 aromatic carbocycles. The van der Waals surface area contributed by atoms with Crippen molar-refractivity contribution in [3.63, 3.8) is 0 Å². The summed E-state index contributed by atoms with van der Waals surface area (Å²) in [5, 5.41) is 7.16. The van der Waals surface area contributed by atoms with Gasteiger partial charge in [0.25, 0.3) is 0 Å². The van der Waals surface area contributed by atoms with Gasteiger partial charge in [0.15, 0.2) is 0 Å². The van der Waals surface area contributed by atoms with Gasteiger partial charge in [-0.05, 0) is 48.1 Å². The first-order valence-electron chi connectivity index (χ1n) is 9.46. The third-order valence-electron chi connectivity index (χ3n) is 5.16. The molecule has 1 aliphatic carbocycles. The molecule has 4 rings (SSSR count). The van der Waals surface area contributed by atoms with Crippen LogP contribution in [0, 0.1) is 5.92 Å². The van der Waals surface area contributed by atoms with Crippen LogP contribution in [-0.4, -0.2) is 22.2 Å². The van der Waals surface area contributed by atoms with Gasteiger partial charge < -0.3 is 5.32 Å². The number of rotatable bonds is 6. The van der Waals surface area contributed by atoms with Crippen molar-refractivity contribution < 1.29 is 18.0 Å². The summed E-state index contributed by atoms with van der Waals surface area (Å²) >= 11 is 0. The van der Waals surface area contributed by atoms with Gasteiger partial charge >= 0.3 is 6.18 Å². The van der Waals surface area contributed by atoms with Gasteiger partial charge in [0.1, 0.15) is 0 Å². The van der Waals surface area contributed by atoms with E-state index in [1.165, 1.54) is 12.1 Å². The van der Waals surface area contributed by atoms with Gasteiger partial charge in [-0.1, -0.05) is 36.4 Å². The number of carbonyl (C=O) groups excluding carboxylic acids is 1. The molecule has 0 aliphatic heterocycles. The van der Waals surface area contributed by atoms with E-state index in [-0.39, 0.29) is 17.4 Å². The lowest BCUT2D eigenvalue weighted by Crippen LogP contribution is -2.27. The van der Waals surface area contributed by atoms with Crippen molar-refractivity contribution in [3.05, 3.63) is 83.7 Å². The zero-order valence-electron chi connectivity index (χ0n) is 15.6. The summed E-state index contributed by atoms with van der Waals surface area (Å²) in [4.78, 5) is 12.4. The van der Waals surface area contributed by atoms with Gasteiger partial charge in [-0.2, -0.15) is 18.3 Å². The first-order valence-corrected chi connectivity index (χ1v) is 9.46. The summed E-state index contributed by atoms with van der Waals surface area (Å²) < 4.78 is 41.3. The molecule has 3 aromatic rings. The summed E-state index contributed by atoms with van der Waals surface area (Å²) in [6.45, 7) is 0.420. The van der Waals surface area contributed by atoms with Gasteiger partial charge in [0.05, 0.1) is 17.4 Å². The molecule has 0 spiro atoms. The molecule has 29 heavy (non-hydrogen) atoms. The molecule has 150 valence electrons. The maximum absolute atomic E-state index is 13.2. The summed E-state index contributed by atoms with van der Waals surface area (Å²) in [6, 6.07) is 15.2. The molecule has 2 unspecified atom stereocenters. The number of para-hydroxylation sites is 1. The molecule has 1 aromatic heterocycles. The maximum atomic E-state index is 13.2. The highest BCUT2D eigenvalue weighted by atomic mass is 19.4. The van der Waals surface area contributed by atoms with Crippen LogP contribution in [0.5, 0.6) is 0 Å². The molecule has 1 N–H and O–H groups in total. The number of carbonyl (C=O) groups is 1. The van der Waals surface area contributed by atoms with Crippen LogP contribution in [0.1, 0.15) is 29.0 Å². The molecule has 1 fully saturated rings. The Morgan fingerprint density at radius 2 is 1.83 bits per heavy atom. The number of halogens is 3. The Balaban J connectivity index is 1.31. The average Bonchev–Trinajstić information content (AvgIpc) is 3.38. The molecule has 1 heterocycles. The van der Waals surface area contributed by atoms with Crippen LogP contribution < -0.4 is 5.32 Å². The van der Waals surface area contributed by atoms with Crippen LogP contribution in [0.3, 0.4) is 0 Å². The predicted octanol–water partition coefficient (Wildman–Crippen LogP) is 4.35. The van der Waals surface area contributed by atoms with E-state index >= 15 is 0 Å². The minimum Gasteiger partial charge on any atom is -0.356 e. The molecule has 0 bridgehead atoms. The van der Waals surface area contributed by atoms with E-state index in [2.05, 4.69) is 10.4 Å². The van der Waals surface area contributed by atoms with E-state index in [0.29, 0.717) is 19.4 Å². The second-order valence-electron chi connectivity index (χ2n) is 7.20. The van der Waals surface area contributed by atoms with E-state index in [0.717, 1.165) is 17.3 Å². The van der Waals surface area contributed by atoms with E-state index in [4.69, 9.17) is 0 Å². The number of amides is 1. The fraction of sp³-hybridized carbons (Fsp3) is 0.273. The quantitative estimate of drug-likeness (QED) is 0.670. The lowest BCUT2D eigenvalue weighted by Gasteiger charge is -2.12. The van der Waals surface area contributed by atoms with Crippen molar-refractivity contribution in [3.8, 4) is 5.69 Å². The Kier molecular flexibility index (Phi) is 5.13. The zero-order valence-corrected chi connectivity index (χ0v) is 15.6. The number of alkyl halides is 3. The zero-order chi connectivity index (χ0) is 20.4. The second kappa shape index (κ2) is 7.73. The topological polar surface area (TPSA) is 46.9 Å². The SMILES string of the molecule is O=C(NCCc1cnn(-c2ccccc2)c1)C1CC1c1ccccc1C(F)(F)F. The van der Waals surface area contributed by atoms with Crippen molar-refractivity contribution in [2.45, 2.75) is 24.9 Å². The summed E-state index contributed by atoms with van der Waals surface area (Å²) in [5.74, 6) is -0.957. The minimum atomic E-state index is -4.40. The van der Waals surface area contributed by atoms with E-state index in [1.54, 1.807) is 16.9 Å². The molecule has 0 radical (unpaired) electrons. The van der Waals surface area contributed by atoms with Crippen molar-refractivity contribution >= 4 is 5.91 Å². The largest absolute Gasteiger partial charge is 0.416 e. The Hall–Kier alpha value is -3.09. The van der Waals surface area contributed by atoms with Crippen LogP contribution in [0.15, 0.2) is 67.0 Å². The number of benzene rings is 2. The maximum Gasteiger partial charge on any atom is 0.416 e.